The first kappa shape index (κ1) is 24.9. The van der Waals surface area contributed by atoms with E-state index in [4.69, 9.17) is 16.6 Å². The minimum atomic E-state index is 0.182. The van der Waals surface area contributed by atoms with E-state index < -0.39 is 0 Å². The topological polar surface area (TPSA) is 38.7 Å². The van der Waals surface area contributed by atoms with Crippen LogP contribution in [-0.4, -0.2) is 15.0 Å². The maximum Gasteiger partial charge on any atom is 0.226 e. The van der Waals surface area contributed by atoms with Gasteiger partial charge >= 0.3 is 0 Å². The average molecular weight is 576 g/mol. The standard InChI is InChI=1S/C37H22ClN3S/c38-37-40-35(24-12-5-2-6-13-24)39-36(41-37)27-18-19-32-31(21-27)34-29-17-8-7-16-28(29)30(22-33(34)42-32)26-15-9-14-25(20-26)23-10-3-1-4-11-23/h1-22H. The van der Waals surface area contributed by atoms with Gasteiger partial charge in [0.2, 0.25) is 5.28 Å². The van der Waals surface area contributed by atoms with Gasteiger partial charge in [-0.15, -0.1) is 11.3 Å². The highest BCUT2D eigenvalue weighted by molar-refractivity contribution is 7.26. The molecule has 0 aliphatic heterocycles. The van der Waals surface area contributed by atoms with E-state index >= 15 is 0 Å². The predicted octanol–water partition coefficient (Wildman–Crippen LogP) is 10.7. The summed E-state index contributed by atoms with van der Waals surface area (Å²) in [4.78, 5) is 13.7. The molecule has 0 saturated carbocycles. The third-order valence-electron chi connectivity index (χ3n) is 7.66. The predicted molar refractivity (Wildman–Crippen MR) is 177 cm³/mol. The Morgan fingerprint density at radius 3 is 1.86 bits per heavy atom. The minimum Gasteiger partial charge on any atom is -0.208 e. The summed E-state index contributed by atoms with van der Waals surface area (Å²) < 4.78 is 2.47. The van der Waals surface area contributed by atoms with E-state index in [2.05, 4.69) is 113 Å². The van der Waals surface area contributed by atoms with Crippen LogP contribution in [0.1, 0.15) is 0 Å². The van der Waals surface area contributed by atoms with Gasteiger partial charge in [-0.05, 0) is 75.0 Å². The molecule has 2 aromatic heterocycles. The number of rotatable bonds is 4. The van der Waals surface area contributed by atoms with Crippen molar-refractivity contribution in [1.82, 2.24) is 15.0 Å². The third-order valence-corrected chi connectivity index (χ3v) is 8.94. The zero-order valence-electron chi connectivity index (χ0n) is 22.3. The first-order chi connectivity index (χ1) is 20.7. The SMILES string of the molecule is Clc1nc(-c2ccccc2)nc(-c2ccc3sc4cc(-c5cccc(-c6ccccc6)c5)c5ccccc5c4c3c2)n1. The zero-order chi connectivity index (χ0) is 28.0. The molecule has 8 aromatic rings. The Kier molecular flexibility index (Phi) is 6.03. The van der Waals surface area contributed by atoms with Gasteiger partial charge in [-0.25, -0.2) is 4.98 Å². The van der Waals surface area contributed by atoms with Gasteiger partial charge in [0.15, 0.2) is 11.6 Å². The molecule has 8 rings (SSSR count). The highest BCUT2D eigenvalue weighted by Crippen LogP contribution is 2.44. The second-order valence-electron chi connectivity index (χ2n) is 10.2. The molecule has 6 aromatic carbocycles. The smallest absolute Gasteiger partial charge is 0.208 e. The number of benzene rings is 6. The first-order valence-electron chi connectivity index (χ1n) is 13.7. The Labute approximate surface area is 251 Å². The van der Waals surface area contributed by atoms with Gasteiger partial charge in [0.25, 0.3) is 0 Å². The lowest BCUT2D eigenvalue weighted by molar-refractivity contribution is 1.07. The van der Waals surface area contributed by atoms with Crippen molar-refractivity contribution in [1.29, 1.82) is 0 Å². The van der Waals surface area contributed by atoms with Gasteiger partial charge in [-0.3, -0.25) is 0 Å². The van der Waals surface area contributed by atoms with Crippen molar-refractivity contribution in [2.75, 3.05) is 0 Å². The number of hydrogen-bond donors (Lipinski definition) is 0. The average Bonchev–Trinajstić information content (AvgIpc) is 3.43. The lowest BCUT2D eigenvalue weighted by Crippen LogP contribution is -1.97. The van der Waals surface area contributed by atoms with Gasteiger partial charge in [-0.2, -0.15) is 9.97 Å². The van der Waals surface area contributed by atoms with E-state index in [1.54, 1.807) is 0 Å². The molecule has 42 heavy (non-hydrogen) atoms. The zero-order valence-corrected chi connectivity index (χ0v) is 23.9. The van der Waals surface area contributed by atoms with Crippen molar-refractivity contribution in [3.8, 4) is 45.0 Å². The van der Waals surface area contributed by atoms with Gasteiger partial charge in [0.1, 0.15) is 0 Å². The molecular weight excluding hydrogens is 554 g/mol. The van der Waals surface area contributed by atoms with Crippen LogP contribution in [0.2, 0.25) is 5.28 Å². The van der Waals surface area contributed by atoms with Crippen molar-refractivity contribution in [3.05, 3.63) is 139 Å². The Morgan fingerprint density at radius 2 is 1.07 bits per heavy atom. The lowest BCUT2D eigenvalue weighted by atomic mass is 9.93. The Hall–Kier alpha value is -4.90. The number of halogens is 1. The summed E-state index contributed by atoms with van der Waals surface area (Å²) in [5.74, 6) is 1.13. The van der Waals surface area contributed by atoms with Crippen LogP contribution >= 0.6 is 22.9 Å². The van der Waals surface area contributed by atoms with Crippen LogP contribution in [0.5, 0.6) is 0 Å². The second kappa shape index (κ2) is 10.2. The lowest BCUT2D eigenvalue weighted by Gasteiger charge is -2.11. The summed E-state index contributed by atoms with van der Waals surface area (Å²) in [6.07, 6.45) is 0. The van der Waals surface area contributed by atoms with Crippen LogP contribution in [0, 0.1) is 0 Å². The Bertz CT molecular complexity index is 2260. The number of hydrogen-bond acceptors (Lipinski definition) is 4. The molecule has 0 N–H and O–H groups in total. The molecule has 0 aliphatic rings. The molecule has 0 spiro atoms. The largest absolute Gasteiger partial charge is 0.226 e. The first-order valence-corrected chi connectivity index (χ1v) is 14.9. The van der Waals surface area contributed by atoms with Crippen molar-refractivity contribution in [3.63, 3.8) is 0 Å². The number of fused-ring (bicyclic) bond motifs is 5. The molecule has 198 valence electrons. The maximum absolute atomic E-state index is 6.39. The summed E-state index contributed by atoms with van der Waals surface area (Å²) in [5, 5.41) is 5.08. The van der Waals surface area contributed by atoms with E-state index in [9.17, 15) is 0 Å². The van der Waals surface area contributed by atoms with Crippen molar-refractivity contribution in [2.24, 2.45) is 0 Å². The summed E-state index contributed by atoms with van der Waals surface area (Å²) in [6.45, 7) is 0. The van der Waals surface area contributed by atoms with Crippen molar-refractivity contribution < 1.29 is 0 Å². The monoisotopic (exact) mass is 575 g/mol. The van der Waals surface area contributed by atoms with E-state index in [-0.39, 0.29) is 5.28 Å². The molecule has 2 heterocycles. The summed E-state index contributed by atoms with van der Waals surface area (Å²) in [7, 11) is 0. The van der Waals surface area contributed by atoms with Crippen LogP contribution in [0.4, 0.5) is 0 Å². The normalized spacial score (nSPS) is 11.5. The molecule has 0 bridgehead atoms. The molecular formula is C37H22ClN3S. The van der Waals surface area contributed by atoms with Crippen LogP contribution < -0.4 is 0 Å². The van der Waals surface area contributed by atoms with E-state index in [1.165, 1.54) is 53.2 Å². The Morgan fingerprint density at radius 1 is 0.429 bits per heavy atom. The molecule has 0 saturated heterocycles. The summed E-state index contributed by atoms with van der Waals surface area (Å²) in [6, 6.07) is 46.7. The molecule has 5 heteroatoms. The third kappa shape index (κ3) is 4.33. The van der Waals surface area contributed by atoms with E-state index in [0.717, 1.165) is 11.1 Å². The highest BCUT2D eigenvalue weighted by Gasteiger charge is 2.16. The van der Waals surface area contributed by atoms with Crippen LogP contribution in [0.15, 0.2) is 133 Å². The van der Waals surface area contributed by atoms with Gasteiger partial charge in [-0.1, -0.05) is 103 Å². The molecule has 0 atom stereocenters. The van der Waals surface area contributed by atoms with Gasteiger partial charge in [0, 0.05) is 31.3 Å². The summed E-state index contributed by atoms with van der Waals surface area (Å²) in [5.41, 5.74) is 6.68. The fraction of sp³-hybridized carbons (Fsp3) is 0. The fourth-order valence-corrected chi connectivity index (χ4v) is 7.01. The van der Waals surface area contributed by atoms with Crippen molar-refractivity contribution >= 4 is 53.9 Å². The summed E-state index contributed by atoms with van der Waals surface area (Å²) >= 11 is 8.20. The second-order valence-corrected chi connectivity index (χ2v) is 11.6. The van der Waals surface area contributed by atoms with Crippen LogP contribution in [0.3, 0.4) is 0 Å². The number of thiophene rings is 1. The quantitative estimate of drug-likeness (QED) is 0.209. The molecule has 0 aliphatic carbocycles. The van der Waals surface area contributed by atoms with Gasteiger partial charge in [0.05, 0.1) is 0 Å². The molecule has 0 unspecified atom stereocenters. The van der Waals surface area contributed by atoms with Crippen molar-refractivity contribution in [2.45, 2.75) is 0 Å². The molecule has 0 radical (unpaired) electrons. The molecule has 3 nitrogen and oxygen atoms in total. The van der Waals surface area contributed by atoms with E-state index in [1.807, 2.05) is 41.7 Å². The highest BCUT2D eigenvalue weighted by atomic mass is 35.5. The van der Waals surface area contributed by atoms with E-state index in [0.29, 0.717) is 11.6 Å². The maximum atomic E-state index is 6.39. The van der Waals surface area contributed by atoms with Crippen LogP contribution in [-0.2, 0) is 0 Å². The number of aromatic nitrogens is 3. The molecule has 0 amide bonds. The van der Waals surface area contributed by atoms with Gasteiger partial charge < -0.3 is 0 Å². The molecule has 0 fully saturated rings. The fourth-order valence-electron chi connectivity index (χ4n) is 5.71. The Balaban J connectivity index is 1.31. The van der Waals surface area contributed by atoms with Crippen LogP contribution in [0.25, 0.3) is 76.0 Å². The number of nitrogens with zero attached hydrogens (tertiary/aromatic N) is 3. The minimum absolute atomic E-state index is 0.182.